The standard InChI is InChI=1S/C33H58O6/c1-4-5-6-7-8-13-18-23-30(35)24-19-14-11-16-21-26-33(37)39-31(27-34)28-38-32(36)25-20-15-10-9-12-17-22-29(2)3/h5-6,8,13,18,23,29-31,34-35H,4,7,9-12,14-17,19-22,24-28H2,1-3H3/b6-5+,13-8+,23-18+/t30?,31-/m0/s1. The van der Waals surface area contributed by atoms with Gasteiger partial charge in [0.05, 0.1) is 12.7 Å². The highest BCUT2D eigenvalue weighted by atomic mass is 16.6. The van der Waals surface area contributed by atoms with Crippen molar-refractivity contribution < 1.29 is 29.3 Å². The number of carbonyl (C=O) groups is 2. The lowest BCUT2D eigenvalue weighted by atomic mass is 10.0. The summed E-state index contributed by atoms with van der Waals surface area (Å²) >= 11 is 0. The van der Waals surface area contributed by atoms with Gasteiger partial charge in [0.25, 0.3) is 0 Å². The van der Waals surface area contributed by atoms with Crippen LogP contribution >= 0.6 is 0 Å². The fourth-order valence-corrected chi connectivity index (χ4v) is 4.10. The van der Waals surface area contributed by atoms with E-state index in [4.69, 9.17) is 9.47 Å². The predicted octanol–water partition coefficient (Wildman–Crippen LogP) is 7.77. The second-order valence-corrected chi connectivity index (χ2v) is 10.8. The van der Waals surface area contributed by atoms with Gasteiger partial charge < -0.3 is 19.7 Å². The van der Waals surface area contributed by atoms with Crippen molar-refractivity contribution in [3.63, 3.8) is 0 Å². The van der Waals surface area contributed by atoms with Crippen molar-refractivity contribution in [1.29, 1.82) is 0 Å². The van der Waals surface area contributed by atoms with Gasteiger partial charge in [0.2, 0.25) is 0 Å². The lowest BCUT2D eigenvalue weighted by Gasteiger charge is -2.15. The van der Waals surface area contributed by atoms with Crippen molar-refractivity contribution in [2.24, 2.45) is 5.92 Å². The van der Waals surface area contributed by atoms with Crippen LogP contribution in [0.15, 0.2) is 36.5 Å². The van der Waals surface area contributed by atoms with E-state index in [1.165, 1.54) is 25.7 Å². The van der Waals surface area contributed by atoms with Crippen LogP contribution in [0.4, 0.5) is 0 Å². The normalized spacial score (nSPS) is 13.6. The number of carbonyl (C=O) groups excluding carboxylic acids is 2. The van der Waals surface area contributed by atoms with E-state index in [0.29, 0.717) is 12.8 Å². The Morgan fingerprint density at radius 2 is 1.33 bits per heavy atom. The molecule has 0 bridgehead atoms. The van der Waals surface area contributed by atoms with Crippen LogP contribution < -0.4 is 0 Å². The van der Waals surface area contributed by atoms with E-state index in [1.54, 1.807) is 0 Å². The Bertz CT molecular complexity index is 667. The Morgan fingerprint density at radius 3 is 1.95 bits per heavy atom. The summed E-state index contributed by atoms with van der Waals surface area (Å²) in [5.74, 6) is 0.0882. The van der Waals surface area contributed by atoms with Gasteiger partial charge in [-0.1, -0.05) is 121 Å². The van der Waals surface area contributed by atoms with Crippen molar-refractivity contribution in [2.45, 2.75) is 142 Å². The van der Waals surface area contributed by atoms with Crippen LogP contribution in [-0.4, -0.2) is 47.6 Å². The Kier molecular flexibility index (Phi) is 26.3. The van der Waals surface area contributed by atoms with E-state index in [-0.39, 0.29) is 31.6 Å². The van der Waals surface area contributed by atoms with Gasteiger partial charge in [-0.05, 0) is 38.0 Å². The quantitative estimate of drug-likeness (QED) is 0.0494. The predicted molar refractivity (Wildman–Crippen MR) is 160 cm³/mol. The summed E-state index contributed by atoms with van der Waals surface area (Å²) in [6, 6.07) is 0. The first kappa shape index (κ1) is 37.1. The maximum atomic E-state index is 12.1. The molecule has 226 valence electrons. The summed E-state index contributed by atoms with van der Waals surface area (Å²) in [5.41, 5.74) is 0. The van der Waals surface area contributed by atoms with Crippen molar-refractivity contribution in [1.82, 2.24) is 0 Å². The molecule has 0 saturated carbocycles. The first-order valence-corrected chi connectivity index (χ1v) is 15.5. The zero-order valence-corrected chi connectivity index (χ0v) is 25.2. The molecule has 39 heavy (non-hydrogen) atoms. The average Bonchev–Trinajstić information content (AvgIpc) is 2.91. The first-order chi connectivity index (χ1) is 18.9. The maximum absolute atomic E-state index is 12.1. The fourth-order valence-electron chi connectivity index (χ4n) is 4.10. The Hall–Kier alpha value is -1.92. The summed E-state index contributed by atoms with van der Waals surface area (Å²) in [6.45, 7) is 6.15. The van der Waals surface area contributed by atoms with Crippen molar-refractivity contribution >= 4 is 11.9 Å². The molecule has 0 aliphatic carbocycles. The van der Waals surface area contributed by atoms with E-state index in [2.05, 4.69) is 39.0 Å². The lowest BCUT2D eigenvalue weighted by Crippen LogP contribution is -2.28. The maximum Gasteiger partial charge on any atom is 0.306 e. The number of aliphatic hydroxyl groups excluding tert-OH is 2. The molecule has 0 aromatic rings. The highest BCUT2D eigenvalue weighted by Crippen LogP contribution is 2.13. The van der Waals surface area contributed by atoms with Crippen molar-refractivity contribution in [3.8, 4) is 0 Å². The minimum Gasteiger partial charge on any atom is -0.462 e. The monoisotopic (exact) mass is 550 g/mol. The molecule has 0 spiro atoms. The molecule has 0 fully saturated rings. The fraction of sp³-hybridized carbons (Fsp3) is 0.758. The smallest absolute Gasteiger partial charge is 0.306 e. The van der Waals surface area contributed by atoms with Gasteiger partial charge in [-0.3, -0.25) is 9.59 Å². The number of rotatable bonds is 26. The molecule has 0 aliphatic rings. The molecule has 0 heterocycles. The second-order valence-electron chi connectivity index (χ2n) is 10.8. The van der Waals surface area contributed by atoms with E-state index in [1.807, 2.05) is 18.2 Å². The Labute approximate surface area is 238 Å². The van der Waals surface area contributed by atoms with Gasteiger partial charge in [-0.15, -0.1) is 0 Å². The van der Waals surface area contributed by atoms with E-state index >= 15 is 0 Å². The Morgan fingerprint density at radius 1 is 0.744 bits per heavy atom. The third-order valence-corrected chi connectivity index (χ3v) is 6.48. The van der Waals surface area contributed by atoms with Crippen LogP contribution in [-0.2, 0) is 19.1 Å². The molecular formula is C33H58O6. The minimum absolute atomic E-state index is 0.0985. The number of ether oxygens (including phenoxy) is 2. The molecule has 0 amide bonds. The lowest BCUT2D eigenvalue weighted by molar-refractivity contribution is -0.161. The zero-order chi connectivity index (χ0) is 29.0. The van der Waals surface area contributed by atoms with Gasteiger partial charge in [-0.25, -0.2) is 0 Å². The number of esters is 2. The number of unbranched alkanes of at least 4 members (excludes halogenated alkanes) is 9. The average molecular weight is 551 g/mol. The van der Waals surface area contributed by atoms with Crippen LogP contribution in [0, 0.1) is 5.92 Å². The van der Waals surface area contributed by atoms with Gasteiger partial charge in [0.15, 0.2) is 6.10 Å². The molecular weight excluding hydrogens is 492 g/mol. The third-order valence-electron chi connectivity index (χ3n) is 6.48. The first-order valence-electron chi connectivity index (χ1n) is 15.5. The molecule has 0 saturated heterocycles. The summed E-state index contributed by atoms with van der Waals surface area (Å²) in [6.07, 6.45) is 26.7. The van der Waals surface area contributed by atoms with Crippen molar-refractivity contribution in [2.75, 3.05) is 13.2 Å². The van der Waals surface area contributed by atoms with Crippen molar-refractivity contribution in [3.05, 3.63) is 36.5 Å². The number of hydrogen-bond acceptors (Lipinski definition) is 6. The summed E-state index contributed by atoms with van der Waals surface area (Å²) < 4.78 is 10.5. The van der Waals surface area contributed by atoms with Gasteiger partial charge in [-0.2, -0.15) is 0 Å². The molecule has 2 atom stereocenters. The topological polar surface area (TPSA) is 93.1 Å². The van der Waals surface area contributed by atoms with Crippen LogP contribution in [0.2, 0.25) is 0 Å². The number of aliphatic hydroxyl groups is 2. The van der Waals surface area contributed by atoms with Crippen LogP contribution in [0.1, 0.15) is 130 Å². The molecule has 0 radical (unpaired) electrons. The molecule has 0 aromatic heterocycles. The summed E-state index contributed by atoms with van der Waals surface area (Å²) in [7, 11) is 0. The van der Waals surface area contributed by atoms with E-state index in [9.17, 15) is 19.8 Å². The molecule has 2 N–H and O–H groups in total. The van der Waals surface area contributed by atoms with Gasteiger partial charge >= 0.3 is 11.9 Å². The zero-order valence-electron chi connectivity index (χ0n) is 25.2. The third kappa shape index (κ3) is 27.4. The highest BCUT2D eigenvalue weighted by molar-refractivity contribution is 5.70. The number of allylic oxidation sites excluding steroid dienone is 5. The van der Waals surface area contributed by atoms with Gasteiger partial charge in [0.1, 0.15) is 6.61 Å². The largest absolute Gasteiger partial charge is 0.462 e. The van der Waals surface area contributed by atoms with Crippen LogP contribution in [0.25, 0.3) is 0 Å². The van der Waals surface area contributed by atoms with Crippen LogP contribution in [0.5, 0.6) is 0 Å². The molecule has 6 nitrogen and oxygen atoms in total. The summed E-state index contributed by atoms with van der Waals surface area (Å²) in [4.78, 5) is 24.0. The van der Waals surface area contributed by atoms with E-state index in [0.717, 1.165) is 70.1 Å². The van der Waals surface area contributed by atoms with Gasteiger partial charge in [0, 0.05) is 12.8 Å². The molecule has 6 heteroatoms. The number of hydrogen-bond donors (Lipinski definition) is 2. The molecule has 0 aliphatic heterocycles. The highest BCUT2D eigenvalue weighted by Gasteiger charge is 2.16. The summed E-state index contributed by atoms with van der Waals surface area (Å²) in [5, 5.41) is 19.5. The van der Waals surface area contributed by atoms with Crippen LogP contribution in [0.3, 0.4) is 0 Å². The molecule has 0 aromatic carbocycles. The molecule has 0 rings (SSSR count). The molecule has 1 unspecified atom stereocenters. The van der Waals surface area contributed by atoms with E-state index < -0.39 is 12.2 Å². The minimum atomic E-state index is -0.806. The SMILES string of the molecule is CC/C=C/C/C=C/C=C/C(O)CCCCCCCC(=O)O[C@@H](CO)COC(=O)CCCCCCCCC(C)C. The Balaban J connectivity index is 3.74. The second kappa shape index (κ2) is 27.6.